The molecule has 0 aliphatic rings. The first kappa shape index (κ1) is 17.2. The molecule has 1 heterocycles. The largest absolute Gasteiger partial charge is 0.493 e. The van der Waals surface area contributed by atoms with Gasteiger partial charge in [-0.25, -0.2) is 4.98 Å². The van der Waals surface area contributed by atoms with Gasteiger partial charge in [-0.05, 0) is 42.3 Å². The second kappa shape index (κ2) is 7.54. The Hall–Kier alpha value is -3.27. The van der Waals surface area contributed by atoms with Crippen molar-refractivity contribution in [2.75, 3.05) is 7.11 Å². The number of rotatable bonds is 6. The number of para-hydroxylation sites is 4. The molecule has 136 valence electrons. The van der Waals surface area contributed by atoms with Crippen molar-refractivity contribution in [2.24, 2.45) is 0 Å². The van der Waals surface area contributed by atoms with Gasteiger partial charge in [0.2, 0.25) is 0 Å². The van der Waals surface area contributed by atoms with Crippen LogP contribution in [0, 0.1) is 6.92 Å². The lowest BCUT2D eigenvalue weighted by Crippen LogP contribution is -2.09. The molecule has 0 amide bonds. The van der Waals surface area contributed by atoms with Crippen molar-refractivity contribution >= 4 is 11.0 Å². The van der Waals surface area contributed by atoms with Crippen LogP contribution in [-0.4, -0.2) is 16.7 Å². The quantitative estimate of drug-likeness (QED) is 0.488. The minimum atomic E-state index is 0.376. The Morgan fingerprint density at radius 2 is 1.56 bits per heavy atom. The first-order valence-corrected chi connectivity index (χ1v) is 9.00. The minimum Gasteiger partial charge on any atom is -0.493 e. The van der Waals surface area contributed by atoms with Crippen LogP contribution < -0.4 is 9.47 Å². The molecule has 0 N–H and O–H groups in total. The molecule has 0 aliphatic heterocycles. The standard InChI is InChI=1S/C23H22N2O2/c1-17-9-3-4-10-18(17)15-25-20-12-6-5-11-19(20)24-23(25)16-27-22-14-8-7-13-21(22)26-2/h3-14H,15-16H2,1-2H3. The number of ether oxygens (including phenoxy) is 2. The molecule has 0 aliphatic carbocycles. The van der Waals surface area contributed by atoms with Crippen LogP contribution in [0.3, 0.4) is 0 Å². The molecule has 0 fully saturated rings. The van der Waals surface area contributed by atoms with Gasteiger partial charge in [0.15, 0.2) is 11.5 Å². The van der Waals surface area contributed by atoms with Crippen molar-refractivity contribution in [1.82, 2.24) is 9.55 Å². The first-order valence-electron chi connectivity index (χ1n) is 9.00. The highest BCUT2D eigenvalue weighted by molar-refractivity contribution is 5.76. The number of fused-ring (bicyclic) bond motifs is 1. The molecule has 0 unspecified atom stereocenters. The summed E-state index contributed by atoms with van der Waals surface area (Å²) in [5.74, 6) is 2.33. The second-order valence-electron chi connectivity index (χ2n) is 6.47. The van der Waals surface area contributed by atoms with Crippen LogP contribution in [-0.2, 0) is 13.2 Å². The summed E-state index contributed by atoms with van der Waals surface area (Å²) in [6.45, 7) is 3.28. The number of nitrogens with zero attached hydrogens (tertiary/aromatic N) is 2. The fourth-order valence-corrected chi connectivity index (χ4v) is 3.25. The number of hydrogen-bond acceptors (Lipinski definition) is 3. The lowest BCUT2D eigenvalue weighted by Gasteiger charge is -2.13. The van der Waals surface area contributed by atoms with E-state index in [2.05, 4.69) is 41.8 Å². The van der Waals surface area contributed by atoms with Crippen LogP contribution in [0.4, 0.5) is 0 Å². The fourth-order valence-electron chi connectivity index (χ4n) is 3.25. The molecule has 4 aromatic rings. The Morgan fingerprint density at radius 3 is 2.37 bits per heavy atom. The third kappa shape index (κ3) is 3.51. The molecule has 4 nitrogen and oxygen atoms in total. The topological polar surface area (TPSA) is 36.3 Å². The number of hydrogen-bond donors (Lipinski definition) is 0. The summed E-state index contributed by atoms with van der Waals surface area (Å²) in [5.41, 5.74) is 4.63. The van der Waals surface area contributed by atoms with Crippen LogP contribution in [0.25, 0.3) is 11.0 Å². The Balaban J connectivity index is 1.69. The summed E-state index contributed by atoms with van der Waals surface area (Å²) in [6, 6.07) is 24.3. The molecule has 0 saturated carbocycles. The molecule has 0 spiro atoms. The van der Waals surface area contributed by atoms with E-state index in [0.717, 1.165) is 34.9 Å². The fraction of sp³-hybridized carbons (Fsp3) is 0.174. The number of methoxy groups -OCH3 is 1. The van der Waals surface area contributed by atoms with Crippen LogP contribution >= 0.6 is 0 Å². The summed E-state index contributed by atoms with van der Waals surface area (Å²) in [4.78, 5) is 4.81. The molecule has 3 aromatic carbocycles. The average Bonchev–Trinajstić information content (AvgIpc) is 3.06. The monoisotopic (exact) mass is 358 g/mol. The Bertz CT molecular complexity index is 1070. The summed E-state index contributed by atoms with van der Waals surface area (Å²) < 4.78 is 13.7. The van der Waals surface area contributed by atoms with Crippen molar-refractivity contribution in [3.05, 3.63) is 89.7 Å². The van der Waals surface area contributed by atoms with Crippen LogP contribution in [0.1, 0.15) is 17.0 Å². The molecule has 0 radical (unpaired) electrons. The molecule has 4 heteroatoms. The molecular formula is C23H22N2O2. The van der Waals surface area contributed by atoms with Gasteiger partial charge >= 0.3 is 0 Å². The maximum Gasteiger partial charge on any atom is 0.161 e. The zero-order chi connectivity index (χ0) is 18.6. The lowest BCUT2D eigenvalue weighted by atomic mass is 10.1. The van der Waals surface area contributed by atoms with E-state index < -0.39 is 0 Å². The van der Waals surface area contributed by atoms with Gasteiger partial charge in [0.25, 0.3) is 0 Å². The summed E-state index contributed by atoms with van der Waals surface area (Å²) in [5, 5.41) is 0. The van der Waals surface area contributed by atoms with E-state index in [9.17, 15) is 0 Å². The molecule has 0 atom stereocenters. The van der Waals surface area contributed by atoms with Crippen LogP contribution in [0.15, 0.2) is 72.8 Å². The van der Waals surface area contributed by atoms with E-state index in [-0.39, 0.29) is 0 Å². The highest BCUT2D eigenvalue weighted by Crippen LogP contribution is 2.27. The van der Waals surface area contributed by atoms with E-state index in [1.807, 2.05) is 42.5 Å². The summed E-state index contributed by atoms with van der Waals surface area (Å²) in [6.07, 6.45) is 0. The maximum atomic E-state index is 6.04. The predicted octanol–water partition coefficient (Wildman–Crippen LogP) is 4.98. The smallest absolute Gasteiger partial charge is 0.161 e. The van der Waals surface area contributed by atoms with Crippen molar-refractivity contribution in [1.29, 1.82) is 0 Å². The van der Waals surface area contributed by atoms with Gasteiger partial charge in [-0.1, -0.05) is 48.5 Å². The highest BCUT2D eigenvalue weighted by atomic mass is 16.5. The Morgan fingerprint density at radius 1 is 0.852 bits per heavy atom. The molecular weight excluding hydrogens is 336 g/mol. The second-order valence-corrected chi connectivity index (χ2v) is 6.47. The van der Waals surface area contributed by atoms with Crippen LogP contribution in [0.2, 0.25) is 0 Å². The highest BCUT2D eigenvalue weighted by Gasteiger charge is 2.13. The van der Waals surface area contributed by atoms with Crippen molar-refractivity contribution in [2.45, 2.75) is 20.1 Å². The third-order valence-corrected chi connectivity index (χ3v) is 4.75. The maximum absolute atomic E-state index is 6.04. The lowest BCUT2D eigenvalue weighted by molar-refractivity contribution is 0.273. The van der Waals surface area contributed by atoms with Gasteiger partial charge in [0.1, 0.15) is 12.4 Å². The van der Waals surface area contributed by atoms with Crippen molar-refractivity contribution < 1.29 is 9.47 Å². The molecule has 4 rings (SSSR count). The van der Waals surface area contributed by atoms with Gasteiger partial charge in [-0.15, -0.1) is 0 Å². The zero-order valence-corrected chi connectivity index (χ0v) is 15.6. The molecule has 1 aromatic heterocycles. The SMILES string of the molecule is COc1ccccc1OCc1nc2ccccc2n1Cc1ccccc1C. The normalized spacial score (nSPS) is 10.9. The number of benzene rings is 3. The van der Waals surface area contributed by atoms with Gasteiger partial charge in [0.05, 0.1) is 18.1 Å². The van der Waals surface area contributed by atoms with Crippen molar-refractivity contribution in [3.63, 3.8) is 0 Å². The van der Waals surface area contributed by atoms with Gasteiger partial charge < -0.3 is 14.0 Å². The van der Waals surface area contributed by atoms with Gasteiger partial charge in [0, 0.05) is 6.54 Å². The van der Waals surface area contributed by atoms with E-state index in [1.165, 1.54) is 11.1 Å². The predicted molar refractivity (Wildman–Crippen MR) is 107 cm³/mol. The number of imidazole rings is 1. The van der Waals surface area contributed by atoms with Gasteiger partial charge in [-0.2, -0.15) is 0 Å². The Kier molecular flexibility index (Phi) is 4.79. The first-order chi connectivity index (χ1) is 13.3. The number of aryl methyl sites for hydroxylation is 1. The summed E-state index contributed by atoms with van der Waals surface area (Å²) in [7, 11) is 1.65. The van der Waals surface area contributed by atoms with E-state index in [4.69, 9.17) is 14.5 Å². The zero-order valence-electron chi connectivity index (χ0n) is 15.6. The van der Waals surface area contributed by atoms with E-state index >= 15 is 0 Å². The third-order valence-electron chi connectivity index (χ3n) is 4.75. The minimum absolute atomic E-state index is 0.376. The molecule has 0 bridgehead atoms. The van der Waals surface area contributed by atoms with E-state index in [0.29, 0.717) is 6.61 Å². The van der Waals surface area contributed by atoms with E-state index in [1.54, 1.807) is 7.11 Å². The van der Waals surface area contributed by atoms with Gasteiger partial charge in [-0.3, -0.25) is 0 Å². The average molecular weight is 358 g/mol. The number of aromatic nitrogens is 2. The van der Waals surface area contributed by atoms with Crippen molar-refractivity contribution in [3.8, 4) is 11.5 Å². The molecule has 0 saturated heterocycles. The summed E-state index contributed by atoms with van der Waals surface area (Å²) >= 11 is 0. The molecule has 27 heavy (non-hydrogen) atoms. The Labute approximate surface area is 159 Å². The van der Waals surface area contributed by atoms with Crippen LogP contribution in [0.5, 0.6) is 11.5 Å².